The first-order valence-electron chi connectivity index (χ1n) is 7.94. The summed E-state index contributed by atoms with van der Waals surface area (Å²) in [5, 5.41) is 7.35. The molecule has 8 nitrogen and oxygen atoms in total. The largest absolute Gasteiger partial charge is 0.370 e. The zero-order valence-electron chi connectivity index (χ0n) is 14.0. The zero-order valence-corrected chi connectivity index (χ0v) is 14.8. The maximum atomic E-state index is 13.1. The highest BCUT2D eigenvalue weighted by Crippen LogP contribution is 2.31. The van der Waals surface area contributed by atoms with Gasteiger partial charge in [0.1, 0.15) is 0 Å². The maximum Gasteiger partial charge on any atom is 0.231 e. The minimum atomic E-state index is -3.83. The highest BCUT2D eigenvalue weighted by molar-refractivity contribution is 7.91. The first-order chi connectivity index (χ1) is 12.0. The lowest BCUT2D eigenvalue weighted by atomic mass is 10.1. The predicted molar refractivity (Wildman–Crippen MR) is 92.3 cm³/mol. The number of pyridine rings is 1. The van der Waals surface area contributed by atoms with Crippen molar-refractivity contribution in [3.8, 4) is 0 Å². The van der Waals surface area contributed by atoms with Crippen molar-refractivity contribution in [2.45, 2.75) is 22.9 Å². The van der Waals surface area contributed by atoms with Gasteiger partial charge in [0, 0.05) is 44.5 Å². The van der Waals surface area contributed by atoms with Crippen LogP contribution in [-0.4, -0.2) is 53.5 Å². The third-order valence-electron chi connectivity index (χ3n) is 4.38. The van der Waals surface area contributed by atoms with Gasteiger partial charge in [0.2, 0.25) is 9.84 Å². The van der Waals surface area contributed by atoms with Gasteiger partial charge in [-0.15, -0.1) is 5.10 Å². The topological polar surface area (TPSA) is 92.5 Å². The number of aromatic nitrogens is 4. The Balaban J connectivity index is 1.99. The molecule has 0 unspecified atom stereocenters. The fourth-order valence-corrected chi connectivity index (χ4v) is 4.58. The highest BCUT2D eigenvalue weighted by Gasteiger charge is 2.31. The van der Waals surface area contributed by atoms with Gasteiger partial charge in [-0.25, -0.2) is 22.9 Å². The first kappa shape index (κ1) is 16.0. The fraction of sp³-hybridized carbons (Fsp3) is 0.312. The van der Waals surface area contributed by atoms with Crippen LogP contribution in [0, 0.1) is 0 Å². The van der Waals surface area contributed by atoms with Gasteiger partial charge in [0.25, 0.3) is 0 Å². The number of likely N-dealkylation sites (N-methyl/N-ethyl adjacent to an activating group) is 1. The number of hydrogen-bond acceptors (Lipinski definition) is 7. The smallest absolute Gasteiger partial charge is 0.231 e. The summed E-state index contributed by atoms with van der Waals surface area (Å²) < 4.78 is 27.9. The van der Waals surface area contributed by atoms with Crippen LogP contribution in [0.15, 0.2) is 40.5 Å². The number of rotatable bonds is 3. The summed E-state index contributed by atoms with van der Waals surface area (Å²) in [5.74, 6) is 0.283. The van der Waals surface area contributed by atoms with E-state index < -0.39 is 9.84 Å². The van der Waals surface area contributed by atoms with Crippen molar-refractivity contribution in [2.24, 2.45) is 0 Å². The van der Waals surface area contributed by atoms with Crippen LogP contribution >= 0.6 is 0 Å². The van der Waals surface area contributed by atoms with Crippen molar-refractivity contribution < 1.29 is 8.42 Å². The van der Waals surface area contributed by atoms with E-state index in [1.165, 1.54) is 12.3 Å². The molecule has 25 heavy (non-hydrogen) atoms. The minimum Gasteiger partial charge on any atom is -0.370 e. The molecule has 0 radical (unpaired) electrons. The van der Waals surface area contributed by atoms with Crippen LogP contribution in [0.3, 0.4) is 0 Å². The lowest BCUT2D eigenvalue weighted by Gasteiger charge is -2.24. The molecule has 0 atom stereocenters. The van der Waals surface area contributed by atoms with E-state index in [9.17, 15) is 8.42 Å². The second-order valence-corrected chi connectivity index (χ2v) is 7.89. The Bertz CT molecular complexity index is 1050. The predicted octanol–water partition coefficient (Wildman–Crippen LogP) is 0.987. The third kappa shape index (κ3) is 2.47. The molecule has 0 spiro atoms. The van der Waals surface area contributed by atoms with Gasteiger partial charge in [0.05, 0.1) is 5.69 Å². The van der Waals surface area contributed by atoms with Crippen molar-refractivity contribution >= 4 is 21.3 Å². The van der Waals surface area contributed by atoms with Gasteiger partial charge in [0.15, 0.2) is 21.4 Å². The van der Waals surface area contributed by atoms with Crippen LogP contribution in [-0.2, 0) is 22.8 Å². The molecule has 0 aromatic carbocycles. The van der Waals surface area contributed by atoms with Crippen molar-refractivity contribution in [1.29, 1.82) is 0 Å². The van der Waals surface area contributed by atoms with Crippen LogP contribution in [0.1, 0.15) is 11.3 Å². The van der Waals surface area contributed by atoms with E-state index in [4.69, 9.17) is 0 Å². The summed E-state index contributed by atoms with van der Waals surface area (Å²) in [4.78, 5) is 10.7. The maximum absolute atomic E-state index is 13.1. The molecule has 1 aliphatic heterocycles. The molecule has 0 bridgehead atoms. The molecule has 0 fully saturated rings. The van der Waals surface area contributed by atoms with E-state index in [0.717, 1.165) is 30.8 Å². The van der Waals surface area contributed by atoms with Crippen LogP contribution in [0.5, 0.6) is 0 Å². The Hall–Kier alpha value is -2.52. The van der Waals surface area contributed by atoms with Gasteiger partial charge in [-0.3, -0.25) is 0 Å². The van der Waals surface area contributed by atoms with Gasteiger partial charge in [-0.1, -0.05) is 6.07 Å². The van der Waals surface area contributed by atoms with Crippen LogP contribution in [0.2, 0.25) is 0 Å². The summed E-state index contributed by atoms with van der Waals surface area (Å²) in [5.41, 5.74) is 2.40. The normalized spacial score (nSPS) is 15.3. The van der Waals surface area contributed by atoms with Crippen molar-refractivity contribution in [1.82, 2.24) is 24.5 Å². The van der Waals surface area contributed by atoms with E-state index in [1.54, 1.807) is 29.9 Å². The molecular formula is C16H18N6O2S. The van der Waals surface area contributed by atoms with Gasteiger partial charge in [-0.2, -0.15) is 0 Å². The van der Waals surface area contributed by atoms with Gasteiger partial charge >= 0.3 is 0 Å². The molecule has 3 aromatic heterocycles. The van der Waals surface area contributed by atoms with Crippen molar-refractivity contribution in [3.63, 3.8) is 0 Å². The van der Waals surface area contributed by atoms with Gasteiger partial charge in [-0.05, 0) is 19.2 Å². The average molecular weight is 358 g/mol. The number of hydrogen-bond donors (Lipinski definition) is 1. The summed E-state index contributed by atoms with van der Waals surface area (Å²) in [6.07, 6.45) is 4.00. The third-order valence-corrected chi connectivity index (χ3v) is 6.08. The van der Waals surface area contributed by atoms with E-state index >= 15 is 0 Å². The Morgan fingerprint density at radius 1 is 1.24 bits per heavy atom. The molecule has 0 saturated heterocycles. The number of anilines is 1. The average Bonchev–Trinajstić information content (AvgIpc) is 3.02. The highest BCUT2D eigenvalue weighted by atomic mass is 32.2. The van der Waals surface area contributed by atoms with Gasteiger partial charge < -0.3 is 10.2 Å². The summed E-state index contributed by atoms with van der Waals surface area (Å²) in [6.45, 7) is 1.67. The molecule has 0 amide bonds. The van der Waals surface area contributed by atoms with Crippen LogP contribution in [0.4, 0.5) is 5.82 Å². The van der Waals surface area contributed by atoms with E-state index in [2.05, 4.69) is 25.3 Å². The molecule has 9 heteroatoms. The Labute approximate surface area is 145 Å². The molecular weight excluding hydrogens is 340 g/mol. The van der Waals surface area contributed by atoms with E-state index in [-0.39, 0.29) is 15.7 Å². The van der Waals surface area contributed by atoms with Crippen molar-refractivity contribution in [2.75, 3.05) is 26.0 Å². The van der Waals surface area contributed by atoms with Crippen LogP contribution in [0.25, 0.3) is 5.65 Å². The van der Waals surface area contributed by atoms with Crippen molar-refractivity contribution in [3.05, 3.63) is 41.9 Å². The molecule has 1 N–H and O–H groups in total. The lowest BCUT2D eigenvalue weighted by molar-refractivity contribution is 0.307. The van der Waals surface area contributed by atoms with Crippen LogP contribution < -0.4 is 5.32 Å². The first-order valence-corrected chi connectivity index (χ1v) is 9.42. The molecule has 0 aliphatic carbocycles. The Kier molecular flexibility index (Phi) is 3.69. The molecule has 3 aromatic rings. The molecule has 0 saturated carbocycles. The second kappa shape index (κ2) is 5.78. The lowest BCUT2D eigenvalue weighted by Crippen LogP contribution is -2.28. The fourth-order valence-electron chi connectivity index (χ4n) is 3.13. The number of fused-ring (bicyclic) bond motifs is 3. The Morgan fingerprint density at radius 3 is 2.80 bits per heavy atom. The standard InChI is InChI=1S/C16H18N6O2S/c1-17-15-14(25(23,24)13-5-3-4-7-18-13)16-19-9-11-10-21(2)8-6-12(11)22(16)20-15/h3-5,7,9H,6,8,10H2,1-2H3,(H,17,20). The number of sulfone groups is 1. The number of nitrogens with one attached hydrogen (secondary N) is 1. The minimum absolute atomic E-state index is 0.0133. The SMILES string of the molecule is CNc1nn2c3c(cnc2c1S(=O)(=O)c1ccccn1)CN(C)CC3. The summed E-state index contributed by atoms with van der Waals surface area (Å²) in [6, 6.07) is 4.81. The quantitative estimate of drug-likeness (QED) is 0.746. The molecule has 1 aliphatic rings. The second-order valence-electron chi connectivity index (χ2n) is 6.05. The van der Waals surface area contributed by atoms with E-state index in [1.807, 2.05) is 7.05 Å². The number of nitrogens with zero attached hydrogens (tertiary/aromatic N) is 5. The monoisotopic (exact) mass is 358 g/mol. The molecule has 130 valence electrons. The Morgan fingerprint density at radius 2 is 2.08 bits per heavy atom. The summed E-state index contributed by atoms with van der Waals surface area (Å²) >= 11 is 0. The zero-order chi connectivity index (χ0) is 17.6. The molecule has 4 heterocycles. The summed E-state index contributed by atoms with van der Waals surface area (Å²) in [7, 11) is -0.132. The van der Waals surface area contributed by atoms with E-state index in [0.29, 0.717) is 5.65 Å². The molecule has 4 rings (SSSR count).